The number of benzene rings is 1. The van der Waals surface area contributed by atoms with Gasteiger partial charge in [0.05, 0.1) is 11.4 Å². The molecule has 0 radical (unpaired) electrons. The monoisotopic (exact) mass is 288 g/mol. The molecular formula is C16H20N2O3. The van der Waals surface area contributed by atoms with Gasteiger partial charge in [-0.3, -0.25) is 4.98 Å². The number of aromatic nitrogens is 1. The number of pyridine rings is 1. The summed E-state index contributed by atoms with van der Waals surface area (Å²) in [6.45, 7) is 0.184. The van der Waals surface area contributed by atoms with Gasteiger partial charge in [-0.05, 0) is 29.8 Å². The van der Waals surface area contributed by atoms with E-state index >= 15 is 0 Å². The van der Waals surface area contributed by atoms with Crippen LogP contribution < -0.4 is 9.64 Å². The first kappa shape index (κ1) is 15.3. The summed E-state index contributed by atoms with van der Waals surface area (Å²) >= 11 is 0. The Bertz CT molecular complexity index is 573. The Morgan fingerprint density at radius 2 is 2.05 bits per heavy atom. The second kappa shape index (κ2) is 7.06. The molecule has 1 aromatic carbocycles. The topological polar surface area (TPSA) is 54.8 Å². The second-order valence-corrected chi connectivity index (χ2v) is 4.83. The third-order valence-electron chi connectivity index (χ3n) is 3.08. The molecule has 21 heavy (non-hydrogen) atoms. The van der Waals surface area contributed by atoms with Crippen molar-refractivity contribution < 1.29 is 14.6 Å². The van der Waals surface area contributed by atoms with Crippen molar-refractivity contribution in [2.24, 2.45) is 0 Å². The fourth-order valence-corrected chi connectivity index (χ4v) is 2.01. The molecule has 1 heterocycles. The van der Waals surface area contributed by atoms with Gasteiger partial charge in [-0.1, -0.05) is 12.1 Å². The van der Waals surface area contributed by atoms with Gasteiger partial charge < -0.3 is 19.5 Å². The minimum absolute atomic E-state index is 0.184. The van der Waals surface area contributed by atoms with Crippen molar-refractivity contribution in [2.75, 3.05) is 32.9 Å². The number of methoxy groups -OCH3 is 1. The SMILES string of the molecule is COCOc1ccc(C(O)c2ccccn2)cc1N(C)C. The lowest BCUT2D eigenvalue weighted by Crippen LogP contribution is -2.13. The summed E-state index contributed by atoms with van der Waals surface area (Å²) in [5.41, 5.74) is 2.26. The number of aliphatic hydroxyl groups is 1. The van der Waals surface area contributed by atoms with Crippen LogP contribution in [-0.2, 0) is 4.74 Å². The molecule has 0 amide bonds. The highest BCUT2D eigenvalue weighted by Crippen LogP contribution is 2.31. The average molecular weight is 288 g/mol. The molecule has 5 heteroatoms. The van der Waals surface area contributed by atoms with Crippen molar-refractivity contribution in [1.29, 1.82) is 0 Å². The molecule has 0 saturated heterocycles. The first-order chi connectivity index (χ1) is 10.1. The fraction of sp³-hybridized carbons (Fsp3) is 0.312. The van der Waals surface area contributed by atoms with Crippen LogP contribution in [0.15, 0.2) is 42.6 Å². The van der Waals surface area contributed by atoms with E-state index in [2.05, 4.69) is 4.98 Å². The zero-order valence-electron chi connectivity index (χ0n) is 12.5. The van der Waals surface area contributed by atoms with Crippen LogP contribution in [0.3, 0.4) is 0 Å². The van der Waals surface area contributed by atoms with Gasteiger partial charge in [0.1, 0.15) is 11.9 Å². The van der Waals surface area contributed by atoms with Crippen molar-refractivity contribution >= 4 is 5.69 Å². The highest BCUT2D eigenvalue weighted by Gasteiger charge is 2.15. The maximum absolute atomic E-state index is 10.4. The van der Waals surface area contributed by atoms with Gasteiger partial charge >= 0.3 is 0 Å². The molecule has 1 N–H and O–H groups in total. The number of rotatable bonds is 6. The quantitative estimate of drug-likeness (QED) is 0.826. The molecule has 1 aromatic heterocycles. The molecule has 0 aliphatic heterocycles. The zero-order chi connectivity index (χ0) is 15.2. The lowest BCUT2D eigenvalue weighted by atomic mass is 10.0. The molecule has 2 rings (SSSR count). The summed E-state index contributed by atoms with van der Waals surface area (Å²) in [6, 6.07) is 11.0. The Balaban J connectivity index is 2.31. The van der Waals surface area contributed by atoms with E-state index in [9.17, 15) is 5.11 Å². The van der Waals surface area contributed by atoms with Crippen molar-refractivity contribution in [1.82, 2.24) is 4.98 Å². The predicted molar refractivity (Wildman–Crippen MR) is 81.6 cm³/mol. The Labute approximate surface area is 124 Å². The van der Waals surface area contributed by atoms with Crippen LogP contribution in [-0.4, -0.2) is 38.1 Å². The highest BCUT2D eigenvalue weighted by molar-refractivity contribution is 5.60. The summed E-state index contributed by atoms with van der Waals surface area (Å²) < 4.78 is 10.5. The maximum Gasteiger partial charge on any atom is 0.188 e. The van der Waals surface area contributed by atoms with E-state index in [4.69, 9.17) is 9.47 Å². The number of hydrogen-bond acceptors (Lipinski definition) is 5. The number of nitrogens with zero attached hydrogens (tertiary/aromatic N) is 2. The van der Waals surface area contributed by atoms with Crippen molar-refractivity contribution in [2.45, 2.75) is 6.10 Å². The van der Waals surface area contributed by atoms with E-state index in [0.717, 1.165) is 11.3 Å². The Hall–Kier alpha value is -2.11. The minimum atomic E-state index is -0.763. The molecule has 112 valence electrons. The standard InChI is InChI=1S/C16H20N2O3/c1-18(2)14-10-12(7-8-15(14)21-11-20-3)16(19)13-6-4-5-9-17-13/h4-10,16,19H,11H2,1-3H3. The highest BCUT2D eigenvalue weighted by atomic mass is 16.7. The van der Waals surface area contributed by atoms with E-state index in [-0.39, 0.29) is 6.79 Å². The summed E-state index contributed by atoms with van der Waals surface area (Å²) in [5.74, 6) is 0.707. The summed E-state index contributed by atoms with van der Waals surface area (Å²) in [7, 11) is 5.42. The van der Waals surface area contributed by atoms with E-state index in [1.165, 1.54) is 0 Å². The number of anilines is 1. The first-order valence-corrected chi connectivity index (χ1v) is 6.65. The third-order valence-corrected chi connectivity index (χ3v) is 3.08. The molecule has 0 spiro atoms. The van der Waals surface area contributed by atoms with Crippen molar-refractivity contribution in [3.05, 3.63) is 53.9 Å². The van der Waals surface area contributed by atoms with Gasteiger partial charge in [0.25, 0.3) is 0 Å². The number of aliphatic hydroxyl groups excluding tert-OH is 1. The molecule has 0 saturated carbocycles. The number of ether oxygens (including phenoxy) is 2. The Kier molecular flexibility index (Phi) is 5.14. The lowest BCUT2D eigenvalue weighted by Gasteiger charge is -2.20. The normalized spacial score (nSPS) is 12.0. The van der Waals surface area contributed by atoms with Gasteiger partial charge in [0.15, 0.2) is 6.79 Å². The smallest absolute Gasteiger partial charge is 0.188 e. The summed E-state index contributed by atoms with van der Waals surface area (Å²) in [6.07, 6.45) is 0.906. The molecule has 0 aliphatic rings. The summed E-state index contributed by atoms with van der Waals surface area (Å²) in [4.78, 5) is 6.12. The van der Waals surface area contributed by atoms with Gasteiger partial charge in [0.2, 0.25) is 0 Å². The predicted octanol–water partition coefficient (Wildman–Crippen LogP) is 2.21. The largest absolute Gasteiger partial charge is 0.465 e. The van der Waals surface area contributed by atoms with Gasteiger partial charge in [-0.15, -0.1) is 0 Å². The molecule has 0 bridgehead atoms. The van der Waals surface area contributed by atoms with Crippen LogP contribution in [0.5, 0.6) is 5.75 Å². The van der Waals surface area contributed by atoms with Crippen LogP contribution in [0.1, 0.15) is 17.4 Å². The number of hydrogen-bond donors (Lipinski definition) is 1. The maximum atomic E-state index is 10.4. The van der Waals surface area contributed by atoms with Gasteiger partial charge in [-0.2, -0.15) is 0 Å². The first-order valence-electron chi connectivity index (χ1n) is 6.65. The molecule has 5 nitrogen and oxygen atoms in total. The van der Waals surface area contributed by atoms with Crippen LogP contribution in [0, 0.1) is 0 Å². The fourth-order valence-electron chi connectivity index (χ4n) is 2.01. The third kappa shape index (κ3) is 3.71. The Morgan fingerprint density at radius 3 is 2.67 bits per heavy atom. The molecular weight excluding hydrogens is 268 g/mol. The lowest BCUT2D eigenvalue weighted by molar-refractivity contribution is 0.0514. The Morgan fingerprint density at radius 1 is 1.24 bits per heavy atom. The molecule has 0 aliphatic carbocycles. The molecule has 1 atom stereocenters. The van der Waals surface area contributed by atoms with Crippen molar-refractivity contribution in [3.8, 4) is 5.75 Å². The molecule has 2 aromatic rings. The van der Waals surface area contributed by atoms with Crippen LogP contribution in [0.4, 0.5) is 5.69 Å². The molecule has 0 fully saturated rings. The van der Waals surface area contributed by atoms with Crippen LogP contribution >= 0.6 is 0 Å². The van der Waals surface area contributed by atoms with Gasteiger partial charge in [0, 0.05) is 27.4 Å². The van der Waals surface area contributed by atoms with Gasteiger partial charge in [-0.25, -0.2) is 0 Å². The molecule has 1 unspecified atom stereocenters. The summed E-state index contributed by atoms with van der Waals surface area (Å²) in [5, 5.41) is 10.4. The minimum Gasteiger partial charge on any atom is -0.465 e. The van der Waals surface area contributed by atoms with E-state index < -0.39 is 6.10 Å². The zero-order valence-corrected chi connectivity index (χ0v) is 12.5. The van der Waals surface area contributed by atoms with Crippen LogP contribution in [0.25, 0.3) is 0 Å². The van der Waals surface area contributed by atoms with E-state index in [0.29, 0.717) is 11.4 Å². The second-order valence-electron chi connectivity index (χ2n) is 4.83. The van der Waals surface area contributed by atoms with Crippen LogP contribution in [0.2, 0.25) is 0 Å². The van der Waals surface area contributed by atoms with E-state index in [1.807, 2.05) is 49.3 Å². The van der Waals surface area contributed by atoms with Crippen molar-refractivity contribution in [3.63, 3.8) is 0 Å². The average Bonchev–Trinajstić information content (AvgIpc) is 2.52. The van der Waals surface area contributed by atoms with E-state index in [1.54, 1.807) is 19.4 Å².